The van der Waals surface area contributed by atoms with Crippen molar-refractivity contribution in [3.8, 4) is 17.1 Å². The Balaban J connectivity index is 1.73. The van der Waals surface area contributed by atoms with Gasteiger partial charge in [-0.1, -0.05) is 18.2 Å². The number of ether oxygens (including phenoxy) is 2. The molecule has 0 radical (unpaired) electrons. The van der Waals surface area contributed by atoms with Crippen molar-refractivity contribution in [3.63, 3.8) is 0 Å². The summed E-state index contributed by atoms with van der Waals surface area (Å²) in [5.74, 6) is 0.557. The van der Waals surface area contributed by atoms with Gasteiger partial charge in [-0.15, -0.1) is 0 Å². The predicted octanol–water partition coefficient (Wildman–Crippen LogP) is 4.54. The molecule has 2 heterocycles. The van der Waals surface area contributed by atoms with Crippen LogP contribution in [0.5, 0.6) is 5.75 Å². The third kappa shape index (κ3) is 3.62. The summed E-state index contributed by atoms with van der Waals surface area (Å²) in [5.41, 5.74) is 1.25. The molecule has 4 aromatic rings. The van der Waals surface area contributed by atoms with Crippen LogP contribution in [0.25, 0.3) is 33.3 Å². The van der Waals surface area contributed by atoms with Gasteiger partial charge in [0.1, 0.15) is 22.7 Å². The molecule has 2 aromatic heterocycles. The number of hydrogen-bond donors (Lipinski definition) is 0. The molecule has 142 valence electrons. The first-order valence-electron chi connectivity index (χ1n) is 8.89. The lowest BCUT2D eigenvalue weighted by Crippen LogP contribution is -2.18. The molecule has 0 atom stereocenters. The molecule has 0 fully saturated rings. The van der Waals surface area contributed by atoms with Gasteiger partial charge in [-0.3, -0.25) is 0 Å². The van der Waals surface area contributed by atoms with Gasteiger partial charge in [-0.25, -0.2) is 9.59 Å². The minimum Gasteiger partial charge on any atom is -0.482 e. The second-order valence-corrected chi connectivity index (χ2v) is 6.61. The maximum absolute atomic E-state index is 12.0. The fourth-order valence-corrected chi connectivity index (χ4v) is 2.99. The van der Waals surface area contributed by atoms with Gasteiger partial charge in [0.15, 0.2) is 6.61 Å². The van der Waals surface area contributed by atoms with E-state index in [1.165, 1.54) is 6.07 Å². The average molecular weight is 378 g/mol. The van der Waals surface area contributed by atoms with Crippen molar-refractivity contribution in [2.24, 2.45) is 0 Å². The zero-order valence-corrected chi connectivity index (χ0v) is 15.4. The lowest BCUT2D eigenvalue weighted by atomic mass is 10.1. The molecule has 6 heteroatoms. The standard InChI is InChI=1S/C22H18O6/c1-13(2)26-22(24)12-25-15-7-8-19-16(10-15)17(11-21(23)28-19)20-9-14-5-3-4-6-18(14)27-20/h3-11,13H,12H2,1-2H3. The SMILES string of the molecule is CC(C)OC(=O)COc1ccc2oc(=O)cc(-c3cc4ccccc4o3)c2c1. The predicted molar refractivity (Wildman–Crippen MR) is 104 cm³/mol. The van der Waals surface area contributed by atoms with Gasteiger partial charge >= 0.3 is 11.6 Å². The van der Waals surface area contributed by atoms with Crippen LogP contribution in [0.15, 0.2) is 68.2 Å². The van der Waals surface area contributed by atoms with E-state index in [4.69, 9.17) is 18.3 Å². The van der Waals surface area contributed by atoms with Crippen LogP contribution < -0.4 is 10.4 Å². The maximum atomic E-state index is 12.0. The van der Waals surface area contributed by atoms with Gasteiger partial charge in [0.2, 0.25) is 0 Å². The van der Waals surface area contributed by atoms with Gasteiger partial charge in [-0.05, 0) is 44.2 Å². The van der Waals surface area contributed by atoms with E-state index in [1.807, 2.05) is 30.3 Å². The Bertz CT molecular complexity index is 1180. The molecule has 0 amide bonds. The maximum Gasteiger partial charge on any atom is 0.344 e. The fourth-order valence-electron chi connectivity index (χ4n) is 2.99. The van der Waals surface area contributed by atoms with Crippen LogP contribution in [0.2, 0.25) is 0 Å². The largest absolute Gasteiger partial charge is 0.482 e. The molecule has 0 aliphatic heterocycles. The summed E-state index contributed by atoms with van der Waals surface area (Å²) < 4.78 is 21.8. The summed E-state index contributed by atoms with van der Waals surface area (Å²) in [6.45, 7) is 3.34. The van der Waals surface area contributed by atoms with Crippen LogP contribution in [0.3, 0.4) is 0 Å². The van der Waals surface area contributed by atoms with E-state index >= 15 is 0 Å². The minimum absolute atomic E-state index is 0.207. The van der Waals surface area contributed by atoms with Crippen molar-refractivity contribution in [2.45, 2.75) is 20.0 Å². The van der Waals surface area contributed by atoms with Crippen LogP contribution in [0.1, 0.15) is 13.8 Å². The number of furan rings is 1. The number of fused-ring (bicyclic) bond motifs is 2. The summed E-state index contributed by atoms with van der Waals surface area (Å²) in [4.78, 5) is 23.7. The summed E-state index contributed by atoms with van der Waals surface area (Å²) in [6, 6.07) is 15.8. The summed E-state index contributed by atoms with van der Waals surface area (Å²) in [6.07, 6.45) is -0.207. The Hall–Kier alpha value is -3.54. The third-order valence-corrected chi connectivity index (χ3v) is 4.13. The second kappa shape index (κ2) is 7.23. The summed E-state index contributed by atoms with van der Waals surface area (Å²) in [5, 5.41) is 1.58. The van der Waals surface area contributed by atoms with Gasteiger partial charge in [-0.2, -0.15) is 0 Å². The Morgan fingerprint density at radius 1 is 1.00 bits per heavy atom. The van der Waals surface area contributed by atoms with E-state index in [0.29, 0.717) is 28.0 Å². The first-order valence-corrected chi connectivity index (χ1v) is 8.89. The lowest BCUT2D eigenvalue weighted by molar-refractivity contribution is -0.149. The highest BCUT2D eigenvalue weighted by atomic mass is 16.6. The lowest BCUT2D eigenvalue weighted by Gasteiger charge is -2.10. The third-order valence-electron chi connectivity index (χ3n) is 4.13. The zero-order chi connectivity index (χ0) is 19.7. The van der Waals surface area contributed by atoms with Crippen LogP contribution in [0.4, 0.5) is 0 Å². The quantitative estimate of drug-likeness (QED) is 0.375. The molecule has 6 nitrogen and oxygen atoms in total. The van der Waals surface area contributed by atoms with Gasteiger partial charge in [0, 0.05) is 22.4 Å². The van der Waals surface area contributed by atoms with Crippen LogP contribution in [0, 0.1) is 0 Å². The Morgan fingerprint density at radius 2 is 1.82 bits per heavy atom. The highest BCUT2D eigenvalue weighted by Gasteiger charge is 2.14. The van der Waals surface area contributed by atoms with Crippen molar-refractivity contribution in [1.82, 2.24) is 0 Å². The number of carbonyl (C=O) groups is 1. The van der Waals surface area contributed by atoms with Crippen molar-refractivity contribution in [3.05, 3.63) is 65.0 Å². The van der Waals surface area contributed by atoms with Gasteiger partial charge in [0.05, 0.1) is 6.10 Å². The topological polar surface area (TPSA) is 78.9 Å². The molecule has 0 aliphatic carbocycles. The number of para-hydroxylation sites is 1. The highest BCUT2D eigenvalue weighted by Crippen LogP contribution is 2.33. The molecule has 0 aliphatic rings. The zero-order valence-electron chi connectivity index (χ0n) is 15.4. The molecule has 0 N–H and O–H groups in total. The summed E-state index contributed by atoms with van der Waals surface area (Å²) >= 11 is 0. The van der Waals surface area contributed by atoms with Crippen LogP contribution >= 0.6 is 0 Å². The van der Waals surface area contributed by atoms with E-state index in [0.717, 1.165) is 11.0 Å². The van der Waals surface area contributed by atoms with Crippen molar-refractivity contribution >= 4 is 27.9 Å². The second-order valence-electron chi connectivity index (χ2n) is 6.61. The molecule has 0 spiro atoms. The molecule has 4 rings (SSSR count). The number of hydrogen-bond acceptors (Lipinski definition) is 6. The Labute approximate surface area is 160 Å². The van der Waals surface area contributed by atoms with Crippen LogP contribution in [-0.2, 0) is 9.53 Å². The Kier molecular flexibility index (Phi) is 4.61. The monoisotopic (exact) mass is 378 g/mol. The van der Waals surface area contributed by atoms with Crippen molar-refractivity contribution < 1.29 is 23.1 Å². The van der Waals surface area contributed by atoms with E-state index in [2.05, 4.69) is 0 Å². The molecule has 2 aromatic carbocycles. The number of rotatable bonds is 5. The fraction of sp³-hybridized carbons (Fsp3) is 0.182. The number of benzene rings is 2. The number of carbonyl (C=O) groups excluding carboxylic acids is 1. The van der Waals surface area contributed by atoms with Gasteiger partial charge in [0.25, 0.3) is 0 Å². The van der Waals surface area contributed by atoms with E-state index in [-0.39, 0.29) is 12.7 Å². The smallest absolute Gasteiger partial charge is 0.344 e. The van der Waals surface area contributed by atoms with E-state index in [1.54, 1.807) is 32.0 Å². The average Bonchev–Trinajstić information content (AvgIpc) is 3.09. The van der Waals surface area contributed by atoms with E-state index in [9.17, 15) is 9.59 Å². The Morgan fingerprint density at radius 3 is 2.61 bits per heavy atom. The molecule has 0 unspecified atom stereocenters. The van der Waals surface area contributed by atoms with Crippen molar-refractivity contribution in [2.75, 3.05) is 6.61 Å². The number of esters is 1. The normalized spacial score (nSPS) is 11.2. The summed E-state index contributed by atoms with van der Waals surface area (Å²) in [7, 11) is 0. The first kappa shape index (κ1) is 17.9. The molecule has 0 saturated carbocycles. The molecular formula is C22H18O6. The highest BCUT2D eigenvalue weighted by molar-refractivity contribution is 5.95. The van der Waals surface area contributed by atoms with E-state index < -0.39 is 11.6 Å². The molecule has 0 saturated heterocycles. The van der Waals surface area contributed by atoms with Crippen molar-refractivity contribution in [1.29, 1.82) is 0 Å². The molecule has 0 bridgehead atoms. The molecular weight excluding hydrogens is 360 g/mol. The minimum atomic E-state index is -0.475. The van der Waals surface area contributed by atoms with Gasteiger partial charge < -0.3 is 18.3 Å². The molecule has 28 heavy (non-hydrogen) atoms. The van der Waals surface area contributed by atoms with Crippen LogP contribution in [-0.4, -0.2) is 18.7 Å². The first-order chi connectivity index (χ1) is 13.5.